The van der Waals surface area contributed by atoms with Crippen molar-refractivity contribution in [2.24, 2.45) is 5.92 Å². The van der Waals surface area contributed by atoms with Gasteiger partial charge >= 0.3 is 0 Å². The van der Waals surface area contributed by atoms with Crippen molar-refractivity contribution >= 4 is 5.91 Å². The fourth-order valence-electron chi connectivity index (χ4n) is 4.43. The van der Waals surface area contributed by atoms with Crippen molar-refractivity contribution in [1.29, 1.82) is 0 Å². The summed E-state index contributed by atoms with van der Waals surface area (Å²) in [5.41, 5.74) is 4.60. The first-order valence-electron chi connectivity index (χ1n) is 12.0. The van der Waals surface area contributed by atoms with E-state index in [1.54, 1.807) is 31.4 Å². The molecule has 1 aliphatic heterocycles. The molecular weight excluding hydrogens is 426 g/mol. The van der Waals surface area contributed by atoms with Gasteiger partial charge in [0.15, 0.2) is 5.82 Å². The molecule has 4 rings (SSSR count). The van der Waals surface area contributed by atoms with Crippen LogP contribution in [0.1, 0.15) is 58.6 Å². The van der Waals surface area contributed by atoms with Crippen molar-refractivity contribution in [2.45, 2.75) is 53.2 Å². The van der Waals surface area contributed by atoms with Gasteiger partial charge in [-0.05, 0) is 60.7 Å². The highest BCUT2D eigenvalue weighted by atomic mass is 16.5. The molecule has 2 heterocycles. The zero-order valence-corrected chi connectivity index (χ0v) is 20.8. The molecule has 3 aromatic rings. The molecule has 0 aliphatic carbocycles. The van der Waals surface area contributed by atoms with Crippen LogP contribution >= 0.6 is 0 Å². The molecule has 1 atom stereocenters. The quantitative estimate of drug-likeness (QED) is 0.574. The third-order valence-corrected chi connectivity index (χ3v) is 6.71. The summed E-state index contributed by atoms with van der Waals surface area (Å²) >= 11 is 0. The summed E-state index contributed by atoms with van der Waals surface area (Å²) in [6.07, 6.45) is 0.842. The third kappa shape index (κ3) is 5.30. The summed E-state index contributed by atoms with van der Waals surface area (Å²) in [6.45, 7) is 12.1. The summed E-state index contributed by atoms with van der Waals surface area (Å²) in [6, 6.07) is 13.6. The van der Waals surface area contributed by atoms with Crippen molar-refractivity contribution in [2.75, 3.05) is 20.2 Å². The van der Waals surface area contributed by atoms with Crippen molar-refractivity contribution in [1.82, 2.24) is 25.0 Å². The molecule has 1 amide bonds. The van der Waals surface area contributed by atoms with Crippen molar-refractivity contribution in [3.05, 3.63) is 76.4 Å². The van der Waals surface area contributed by atoms with E-state index < -0.39 is 0 Å². The first kappa shape index (κ1) is 24.0. The van der Waals surface area contributed by atoms with Gasteiger partial charge in [-0.3, -0.25) is 9.69 Å². The number of methoxy groups -OCH3 is 1. The standard InChI is InChI=1S/C27H35N5O2/c1-18(2)25(28-27(33)22-8-10-23(34-5)11-9-22)26-30-29-24-12-13-31(14-15-32(24)26)17-21-7-6-19(3)20(4)16-21/h6-11,16,18,25H,12-15,17H2,1-5H3,(H,28,33)/t25-/m1/s1. The zero-order valence-electron chi connectivity index (χ0n) is 20.8. The van der Waals surface area contributed by atoms with Crippen molar-refractivity contribution in [3.8, 4) is 5.75 Å². The molecule has 180 valence electrons. The number of rotatable bonds is 7. The van der Waals surface area contributed by atoms with E-state index in [1.165, 1.54) is 16.7 Å². The maximum Gasteiger partial charge on any atom is 0.251 e. The minimum Gasteiger partial charge on any atom is -0.497 e. The smallest absolute Gasteiger partial charge is 0.251 e. The van der Waals surface area contributed by atoms with E-state index in [-0.39, 0.29) is 17.9 Å². The minimum atomic E-state index is -0.220. The van der Waals surface area contributed by atoms with E-state index in [2.05, 4.69) is 70.9 Å². The Hall–Kier alpha value is -3.19. The number of aromatic nitrogens is 3. The van der Waals surface area contributed by atoms with Crippen LogP contribution in [0.3, 0.4) is 0 Å². The van der Waals surface area contributed by atoms with Crippen LogP contribution in [-0.4, -0.2) is 45.8 Å². The Morgan fingerprint density at radius 1 is 1.03 bits per heavy atom. The molecule has 0 saturated heterocycles. The largest absolute Gasteiger partial charge is 0.497 e. The molecule has 1 aliphatic rings. The number of nitrogens with zero attached hydrogens (tertiary/aromatic N) is 4. The number of benzene rings is 2. The molecule has 0 unspecified atom stereocenters. The second kappa shape index (κ2) is 10.4. The second-order valence-electron chi connectivity index (χ2n) is 9.49. The summed E-state index contributed by atoms with van der Waals surface area (Å²) in [5.74, 6) is 2.60. The number of fused-ring (bicyclic) bond motifs is 1. The van der Waals surface area contributed by atoms with Gasteiger partial charge in [-0.1, -0.05) is 32.0 Å². The first-order chi connectivity index (χ1) is 16.4. The maximum absolute atomic E-state index is 13.0. The molecule has 0 saturated carbocycles. The average Bonchev–Trinajstić information content (AvgIpc) is 3.12. The van der Waals surface area contributed by atoms with Crippen LogP contribution in [-0.2, 0) is 19.5 Å². The Bertz CT molecular complexity index is 1140. The monoisotopic (exact) mass is 461 g/mol. The third-order valence-electron chi connectivity index (χ3n) is 6.71. The van der Waals surface area contributed by atoms with Crippen LogP contribution in [0.5, 0.6) is 5.75 Å². The van der Waals surface area contributed by atoms with E-state index in [4.69, 9.17) is 4.74 Å². The lowest BCUT2D eigenvalue weighted by molar-refractivity contribution is 0.0921. The Balaban J connectivity index is 1.47. The number of aryl methyl sites for hydroxylation is 2. The predicted octanol–water partition coefficient (Wildman–Crippen LogP) is 4.09. The number of amides is 1. The lowest BCUT2D eigenvalue weighted by Crippen LogP contribution is -2.34. The lowest BCUT2D eigenvalue weighted by atomic mass is 10.0. The molecular formula is C27H35N5O2. The van der Waals surface area contributed by atoms with Gasteiger partial charge in [-0.2, -0.15) is 0 Å². The SMILES string of the molecule is COc1ccc(C(=O)N[C@@H](c2nnc3n2CCN(Cc2ccc(C)c(C)c2)CC3)C(C)C)cc1. The molecule has 34 heavy (non-hydrogen) atoms. The molecule has 1 aromatic heterocycles. The van der Waals surface area contributed by atoms with Gasteiger partial charge in [-0.25, -0.2) is 0 Å². The Kier molecular flexibility index (Phi) is 7.32. The number of hydrogen-bond donors (Lipinski definition) is 1. The van der Waals surface area contributed by atoms with E-state index in [0.717, 1.165) is 50.0 Å². The summed E-state index contributed by atoms with van der Waals surface area (Å²) < 4.78 is 7.41. The van der Waals surface area contributed by atoms with E-state index >= 15 is 0 Å². The van der Waals surface area contributed by atoms with Crippen LogP contribution in [0.15, 0.2) is 42.5 Å². The summed E-state index contributed by atoms with van der Waals surface area (Å²) in [5, 5.41) is 12.2. The minimum absolute atomic E-state index is 0.122. The molecule has 7 heteroatoms. The van der Waals surface area contributed by atoms with Crippen LogP contribution in [0, 0.1) is 19.8 Å². The Morgan fingerprint density at radius 3 is 2.47 bits per heavy atom. The number of carbonyl (C=O) groups excluding carboxylic acids is 1. The number of ether oxygens (including phenoxy) is 1. The molecule has 0 spiro atoms. The van der Waals surface area contributed by atoms with E-state index in [0.29, 0.717) is 5.56 Å². The average molecular weight is 462 g/mol. The van der Waals surface area contributed by atoms with Crippen LogP contribution in [0.25, 0.3) is 0 Å². The Morgan fingerprint density at radius 2 is 1.79 bits per heavy atom. The molecule has 0 bridgehead atoms. The highest BCUT2D eigenvalue weighted by Gasteiger charge is 2.28. The molecule has 0 fully saturated rings. The second-order valence-corrected chi connectivity index (χ2v) is 9.49. The topological polar surface area (TPSA) is 72.3 Å². The summed E-state index contributed by atoms with van der Waals surface area (Å²) in [7, 11) is 1.61. The fraction of sp³-hybridized carbons (Fsp3) is 0.444. The summed E-state index contributed by atoms with van der Waals surface area (Å²) in [4.78, 5) is 15.5. The van der Waals surface area contributed by atoms with Gasteiger partial charge in [0, 0.05) is 38.2 Å². The van der Waals surface area contributed by atoms with Gasteiger partial charge in [-0.15, -0.1) is 10.2 Å². The maximum atomic E-state index is 13.0. The molecule has 2 aromatic carbocycles. The molecule has 7 nitrogen and oxygen atoms in total. The number of hydrogen-bond acceptors (Lipinski definition) is 5. The van der Waals surface area contributed by atoms with Crippen LogP contribution in [0.4, 0.5) is 0 Å². The van der Waals surface area contributed by atoms with Gasteiger partial charge in [0.1, 0.15) is 11.6 Å². The first-order valence-corrected chi connectivity index (χ1v) is 12.0. The highest BCUT2D eigenvalue weighted by Crippen LogP contribution is 2.24. The number of carbonyl (C=O) groups is 1. The van der Waals surface area contributed by atoms with Gasteiger partial charge < -0.3 is 14.6 Å². The molecule has 1 N–H and O–H groups in total. The number of nitrogens with one attached hydrogen (secondary N) is 1. The van der Waals surface area contributed by atoms with Crippen molar-refractivity contribution in [3.63, 3.8) is 0 Å². The van der Waals surface area contributed by atoms with E-state index in [9.17, 15) is 4.79 Å². The molecule has 0 radical (unpaired) electrons. The normalized spacial score (nSPS) is 15.0. The van der Waals surface area contributed by atoms with Gasteiger partial charge in [0.05, 0.1) is 13.2 Å². The van der Waals surface area contributed by atoms with Crippen LogP contribution in [0.2, 0.25) is 0 Å². The van der Waals surface area contributed by atoms with Gasteiger partial charge in [0.25, 0.3) is 5.91 Å². The van der Waals surface area contributed by atoms with E-state index in [1.807, 2.05) is 0 Å². The van der Waals surface area contributed by atoms with Gasteiger partial charge in [0.2, 0.25) is 0 Å². The Labute approximate surface area is 202 Å². The van der Waals surface area contributed by atoms with Crippen molar-refractivity contribution < 1.29 is 9.53 Å². The highest BCUT2D eigenvalue weighted by molar-refractivity contribution is 5.94. The lowest BCUT2D eigenvalue weighted by Gasteiger charge is -2.23. The van der Waals surface area contributed by atoms with Crippen LogP contribution < -0.4 is 10.1 Å². The predicted molar refractivity (Wildman–Crippen MR) is 133 cm³/mol. The zero-order chi connectivity index (χ0) is 24.2. The fourth-order valence-corrected chi connectivity index (χ4v) is 4.43.